The quantitative estimate of drug-likeness (QED) is 0.884. The first-order chi connectivity index (χ1) is 10.8. The highest BCUT2D eigenvalue weighted by Gasteiger charge is 2.19. The molecule has 0 aliphatic heterocycles. The van der Waals surface area contributed by atoms with E-state index in [2.05, 4.69) is 10.4 Å². The average molecular weight is 317 g/mol. The van der Waals surface area contributed by atoms with Crippen LogP contribution >= 0.6 is 0 Å². The molecular weight excluding hydrogens is 298 g/mol. The number of carboxylic acid groups (broad SMARTS) is 1. The number of ether oxygens (including phenoxy) is 1. The van der Waals surface area contributed by atoms with Gasteiger partial charge in [0.25, 0.3) is 5.91 Å². The van der Waals surface area contributed by atoms with Crippen molar-refractivity contribution in [3.8, 4) is 5.75 Å². The van der Waals surface area contributed by atoms with Crippen LogP contribution in [0.25, 0.3) is 0 Å². The van der Waals surface area contributed by atoms with E-state index in [-0.39, 0.29) is 17.3 Å². The van der Waals surface area contributed by atoms with Crippen LogP contribution in [0.5, 0.6) is 5.75 Å². The predicted molar refractivity (Wildman–Crippen MR) is 85.3 cm³/mol. The molecule has 122 valence electrons. The van der Waals surface area contributed by atoms with Gasteiger partial charge in [0.15, 0.2) is 0 Å². The van der Waals surface area contributed by atoms with Crippen molar-refractivity contribution in [1.29, 1.82) is 0 Å². The average Bonchev–Trinajstić information content (AvgIpc) is 2.89. The minimum atomic E-state index is -1.14. The van der Waals surface area contributed by atoms with Crippen molar-refractivity contribution in [2.75, 3.05) is 12.4 Å². The van der Waals surface area contributed by atoms with Gasteiger partial charge in [0, 0.05) is 11.7 Å². The molecule has 0 saturated carbocycles. The first-order valence-corrected chi connectivity index (χ1v) is 7.12. The molecule has 1 heterocycles. The summed E-state index contributed by atoms with van der Waals surface area (Å²) in [5.74, 6) is -1.14. The molecule has 1 amide bonds. The molecule has 7 heteroatoms. The summed E-state index contributed by atoms with van der Waals surface area (Å²) in [7, 11) is 1.45. The fourth-order valence-corrected chi connectivity index (χ4v) is 2.29. The van der Waals surface area contributed by atoms with Crippen molar-refractivity contribution < 1.29 is 19.4 Å². The second-order valence-electron chi connectivity index (χ2n) is 5.35. The minimum absolute atomic E-state index is 0.0356. The van der Waals surface area contributed by atoms with E-state index in [0.717, 1.165) is 5.69 Å². The number of aromatic carboxylic acids is 1. The van der Waals surface area contributed by atoms with Crippen LogP contribution < -0.4 is 10.1 Å². The molecule has 2 aromatic rings. The summed E-state index contributed by atoms with van der Waals surface area (Å²) in [6, 6.07) is 4.59. The van der Waals surface area contributed by atoms with Crippen molar-refractivity contribution in [1.82, 2.24) is 9.78 Å². The molecule has 2 N–H and O–H groups in total. The number of hydrogen-bond donors (Lipinski definition) is 2. The number of methoxy groups -OCH3 is 1. The Hall–Kier alpha value is -2.83. The number of benzene rings is 1. The van der Waals surface area contributed by atoms with Crippen molar-refractivity contribution in [2.24, 2.45) is 0 Å². The van der Waals surface area contributed by atoms with Crippen LogP contribution in [0.3, 0.4) is 0 Å². The lowest BCUT2D eigenvalue weighted by Crippen LogP contribution is -2.16. The van der Waals surface area contributed by atoms with E-state index < -0.39 is 11.9 Å². The molecule has 1 aromatic heterocycles. The van der Waals surface area contributed by atoms with Gasteiger partial charge in [-0.1, -0.05) is 0 Å². The maximum Gasteiger partial charge on any atom is 0.337 e. The predicted octanol–water partition coefficient (Wildman–Crippen LogP) is 2.73. The van der Waals surface area contributed by atoms with Gasteiger partial charge in [0.1, 0.15) is 5.75 Å². The molecule has 0 unspecified atom stereocenters. The van der Waals surface area contributed by atoms with Crippen molar-refractivity contribution in [3.05, 3.63) is 41.2 Å². The minimum Gasteiger partial charge on any atom is -0.497 e. The van der Waals surface area contributed by atoms with Gasteiger partial charge in [-0.25, -0.2) is 4.79 Å². The largest absolute Gasteiger partial charge is 0.497 e. The first kappa shape index (κ1) is 16.5. The van der Waals surface area contributed by atoms with E-state index in [1.54, 1.807) is 17.7 Å². The Morgan fingerprint density at radius 3 is 2.52 bits per heavy atom. The number of carboxylic acids is 1. The van der Waals surface area contributed by atoms with Crippen LogP contribution in [0.2, 0.25) is 0 Å². The normalized spacial score (nSPS) is 10.7. The lowest BCUT2D eigenvalue weighted by atomic mass is 10.1. The molecule has 0 aliphatic carbocycles. The van der Waals surface area contributed by atoms with Gasteiger partial charge in [-0.05, 0) is 39.0 Å². The molecule has 0 spiro atoms. The second kappa shape index (κ2) is 6.51. The number of hydrogen-bond acceptors (Lipinski definition) is 4. The molecule has 2 rings (SSSR count). The Kier molecular flexibility index (Phi) is 4.68. The summed E-state index contributed by atoms with van der Waals surface area (Å²) in [6.45, 7) is 5.73. The van der Waals surface area contributed by atoms with Gasteiger partial charge in [0.2, 0.25) is 0 Å². The molecule has 23 heavy (non-hydrogen) atoms. The van der Waals surface area contributed by atoms with Gasteiger partial charge in [-0.15, -0.1) is 0 Å². The van der Waals surface area contributed by atoms with E-state index in [0.29, 0.717) is 11.3 Å². The van der Waals surface area contributed by atoms with E-state index in [4.69, 9.17) is 4.74 Å². The van der Waals surface area contributed by atoms with Gasteiger partial charge in [-0.2, -0.15) is 5.10 Å². The zero-order valence-electron chi connectivity index (χ0n) is 13.5. The lowest BCUT2D eigenvalue weighted by molar-refractivity contribution is 0.0697. The third-order valence-corrected chi connectivity index (χ3v) is 3.48. The Bertz CT molecular complexity index is 750. The van der Waals surface area contributed by atoms with E-state index in [1.165, 1.54) is 25.4 Å². The highest BCUT2D eigenvalue weighted by molar-refractivity contribution is 6.08. The summed E-state index contributed by atoms with van der Waals surface area (Å²) in [5, 5.41) is 16.1. The highest BCUT2D eigenvalue weighted by atomic mass is 16.5. The van der Waals surface area contributed by atoms with Crippen LogP contribution in [0, 0.1) is 6.92 Å². The number of amides is 1. The Morgan fingerprint density at radius 2 is 2.00 bits per heavy atom. The van der Waals surface area contributed by atoms with Crippen LogP contribution in [0.4, 0.5) is 5.69 Å². The fraction of sp³-hybridized carbons (Fsp3) is 0.312. The molecule has 0 atom stereocenters. The summed E-state index contributed by atoms with van der Waals surface area (Å²) in [5.41, 5.74) is 1.31. The maximum absolute atomic E-state index is 12.4. The van der Waals surface area contributed by atoms with Gasteiger partial charge < -0.3 is 15.2 Å². The van der Waals surface area contributed by atoms with Crippen LogP contribution in [0.15, 0.2) is 24.4 Å². The van der Waals surface area contributed by atoms with Gasteiger partial charge >= 0.3 is 5.97 Å². The monoisotopic (exact) mass is 317 g/mol. The Balaban J connectivity index is 2.32. The number of nitrogens with zero attached hydrogens (tertiary/aromatic N) is 2. The number of rotatable bonds is 5. The molecule has 0 bridgehead atoms. The van der Waals surface area contributed by atoms with E-state index in [1.807, 2.05) is 13.8 Å². The van der Waals surface area contributed by atoms with Crippen LogP contribution in [-0.2, 0) is 0 Å². The maximum atomic E-state index is 12.4. The van der Waals surface area contributed by atoms with Crippen LogP contribution in [-0.4, -0.2) is 33.9 Å². The van der Waals surface area contributed by atoms with Gasteiger partial charge in [-0.3, -0.25) is 9.48 Å². The number of aromatic nitrogens is 2. The summed E-state index contributed by atoms with van der Waals surface area (Å²) >= 11 is 0. The molecule has 1 aromatic carbocycles. The molecule has 0 saturated heterocycles. The number of anilines is 1. The Labute approximate surface area is 133 Å². The SMILES string of the molecule is COc1ccc(NC(=O)c2cnn(C(C)C)c2C)c(C(=O)O)c1. The third-order valence-electron chi connectivity index (χ3n) is 3.48. The fourth-order valence-electron chi connectivity index (χ4n) is 2.29. The van der Waals surface area contributed by atoms with Gasteiger partial charge in [0.05, 0.1) is 30.1 Å². The summed E-state index contributed by atoms with van der Waals surface area (Å²) < 4.78 is 6.75. The molecule has 0 radical (unpaired) electrons. The first-order valence-electron chi connectivity index (χ1n) is 7.12. The third kappa shape index (κ3) is 3.33. The smallest absolute Gasteiger partial charge is 0.337 e. The summed E-state index contributed by atoms with van der Waals surface area (Å²) in [4.78, 5) is 23.8. The zero-order valence-corrected chi connectivity index (χ0v) is 13.5. The standard InChI is InChI=1S/C16H19N3O4/c1-9(2)19-10(3)13(8-17-19)15(20)18-14-6-5-11(23-4)7-12(14)16(21)22/h5-9H,1-4H3,(H,18,20)(H,21,22). The molecule has 0 aliphatic rings. The summed E-state index contributed by atoms with van der Waals surface area (Å²) in [6.07, 6.45) is 1.48. The van der Waals surface area contributed by atoms with Crippen molar-refractivity contribution >= 4 is 17.6 Å². The number of carbonyl (C=O) groups excluding carboxylic acids is 1. The second-order valence-corrected chi connectivity index (χ2v) is 5.35. The molecular formula is C16H19N3O4. The molecule has 0 fully saturated rings. The molecule has 7 nitrogen and oxygen atoms in total. The zero-order chi connectivity index (χ0) is 17.1. The number of carbonyl (C=O) groups is 2. The Morgan fingerprint density at radius 1 is 1.30 bits per heavy atom. The van der Waals surface area contributed by atoms with Crippen molar-refractivity contribution in [3.63, 3.8) is 0 Å². The topological polar surface area (TPSA) is 93.5 Å². The highest BCUT2D eigenvalue weighted by Crippen LogP contribution is 2.23. The van der Waals surface area contributed by atoms with Crippen LogP contribution in [0.1, 0.15) is 46.3 Å². The lowest BCUT2D eigenvalue weighted by Gasteiger charge is -2.11. The van der Waals surface area contributed by atoms with E-state index in [9.17, 15) is 14.7 Å². The number of nitrogens with one attached hydrogen (secondary N) is 1. The van der Waals surface area contributed by atoms with E-state index >= 15 is 0 Å². The van der Waals surface area contributed by atoms with Crippen molar-refractivity contribution in [2.45, 2.75) is 26.8 Å².